The molecule has 1 aromatic rings. The number of carboxylic acid groups (broad SMARTS) is 1. The minimum absolute atomic E-state index is 0.0277. The third-order valence-corrected chi connectivity index (χ3v) is 4.74. The van der Waals surface area contributed by atoms with E-state index in [1.165, 1.54) is 0 Å². The van der Waals surface area contributed by atoms with E-state index < -0.39 is 10.7 Å². The van der Waals surface area contributed by atoms with Crippen molar-refractivity contribution in [1.29, 1.82) is 0 Å². The lowest BCUT2D eigenvalue weighted by atomic mass is 9.84. The van der Waals surface area contributed by atoms with Crippen LogP contribution in [-0.2, 0) is 9.54 Å². The van der Waals surface area contributed by atoms with Gasteiger partial charge in [-0.25, -0.2) is 0 Å². The Bertz CT molecular complexity index is 431. The van der Waals surface area contributed by atoms with Crippen LogP contribution in [0.1, 0.15) is 31.2 Å². The standard InChI is InChI=1S/C13H15NO3S/c15-12(16)13(18-14-17,11-8-4-5-9-11)10-6-2-1-3-7-10/h1-3,6-7,11H,4-5,8-9H2,(H,15,16). The molecule has 4 nitrogen and oxygen atoms in total. The summed E-state index contributed by atoms with van der Waals surface area (Å²) in [4.78, 5) is 22.5. The molecule has 1 N–H and O–H groups in total. The van der Waals surface area contributed by atoms with Crippen LogP contribution in [0.15, 0.2) is 34.9 Å². The zero-order valence-electron chi connectivity index (χ0n) is 9.91. The van der Waals surface area contributed by atoms with Gasteiger partial charge < -0.3 is 5.11 Å². The second-order valence-electron chi connectivity index (χ2n) is 4.55. The number of benzene rings is 1. The van der Waals surface area contributed by atoms with Gasteiger partial charge in [-0.15, -0.1) is 4.91 Å². The SMILES string of the molecule is O=NSC(C(=O)O)(c1ccccc1)C1CCCC1. The molecular formula is C13H15NO3S. The van der Waals surface area contributed by atoms with Gasteiger partial charge >= 0.3 is 5.97 Å². The Morgan fingerprint density at radius 1 is 1.28 bits per heavy atom. The highest BCUT2D eigenvalue weighted by atomic mass is 32.2. The Morgan fingerprint density at radius 3 is 2.39 bits per heavy atom. The summed E-state index contributed by atoms with van der Waals surface area (Å²) in [6.45, 7) is 0. The Balaban J connectivity index is 2.49. The fourth-order valence-electron chi connectivity index (χ4n) is 2.78. The molecule has 1 aliphatic rings. The minimum Gasteiger partial charge on any atom is -0.480 e. The molecule has 0 amide bonds. The minimum atomic E-state index is -1.22. The molecule has 1 atom stereocenters. The van der Waals surface area contributed by atoms with E-state index in [-0.39, 0.29) is 5.92 Å². The van der Waals surface area contributed by atoms with E-state index in [1.54, 1.807) is 24.3 Å². The van der Waals surface area contributed by atoms with E-state index in [4.69, 9.17) is 0 Å². The molecular weight excluding hydrogens is 250 g/mol. The van der Waals surface area contributed by atoms with Crippen LogP contribution in [0, 0.1) is 10.8 Å². The van der Waals surface area contributed by atoms with Gasteiger partial charge in [0.2, 0.25) is 0 Å². The van der Waals surface area contributed by atoms with Gasteiger partial charge in [-0.3, -0.25) is 4.79 Å². The summed E-state index contributed by atoms with van der Waals surface area (Å²) in [7, 11) is 0. The number of hydrogen-bond donors (Lipinski definition) is 1. The summed E-state index contributed by atoms with van der Waals surface area (Å²) >= 11 is 0.652. The second-order valence-corrected chi connectivity index (χ2v) is 5.53. The summed E-state index contributed by atoms with van der Waals surface area (Å²) in [5.41, 5.74) is 0.661. The first-order valence-electron chi connectivity index (χ1n) is 6.01. The van der Waals surface area contributed by atoms with Crippen molar-refractivity contribution >= 4 is 17.9 Å². The van der Waals surface area contributed by atoms with Crippen molar-refractivity contribution in [2.24, 2.45) is 10.5 Å². The van der Waals surface area contributed by atoms with Crippen LogP contribution in [0.4, 0.5) is 0 Å². The van der Waals surface area contributed by atoms with E-state index >= 15 is 0 Å². The van der Waals surface area contributed by atoms with Crippen LogP contribution in [0.3, 0.4) is 0 Å². The quantitative estimate of drug-likeness (QED) is 0.652. The Labute approximate surface area is 110 Å². The van der Waals surface area contributed by atoms with E-state index in [2.05, 4.69) is 4.58 Å². The number of carboxylic acids is 1. The van der Waals surface area contributed by atoms with E-state index in [1.807, 2.05) is 6.07 Å². The molecule has 1 saturated carbocycles. The van der Waals surface area contributed by atoms with Crippen LogP contribution >= 0.6 is 11.9 Å². The molecule has 0 spiro atoms. The summed E-state index contributed by atoms with van der Waals surface area (Å²) in [5, 5.41) is 9.65. The van der Waals surface area contributed by atoms with Gasteiger partial charge in [0.15, 0.2) is 4.75 Å². The normalized spacial score (nSPS) is 19.3. The fraction of sp³-hybridized carbons (Fsp3) is 0.462. The molecule has 0 aliphatic heterocycles. The van der Waals surface area contributed by atoms with Gasteiger partial charge in [-0.05, 0) is 24.3 Å². The highest BCUT2D eigenvalue weighted by Gasteiger charge is 2.50. The van der Waals surface area contributed by atoms with Gasteiger partial charge in [-0.1, -0.05) is 43.2 Å². The molecule has 1 fully saturated rings. The lowest BCUT2D eigenvalue weighted by molar-refractivity contribution is -0.141. The van der Waals surface area contributed by atoms with Crippen LogP contribution < -0.4 is 0 Å². The van der Waals surface area contributed by atoms with Gasteiger partial charge in [0.25, 0.3) is 0 Å². The van der Waals surface area contributed by atoms with Crippen molar-refractivity contribution in [3.05, 3.63) is 40.8 Å². The summed E-state index contributed by atoms with van der Waals surface area (Å²) in [6.07, 6.45) is 3.71. The number of rotatable bonds is 5. The summed E-state index contributed by atoms with van der Waals surface area (Å²) < 4.78 is 1.61. The lowest BCUT2D eigenvalue weighted by Gasteiger charge is -2.31. The van der Waals surface area contributed by atoms with Crippen LogP contribution in [0.25, 0.3) is 0 Å². The first-order chi connectivity index (χ1) is 8.71. The number of hydrogen-bond acceptors (Lipinski definition) is 4. The molecule has 96 valence electrons. The third-order valence-electron chi connectivity index (χ3n) is 3.63. The summed E-state index contributed by atoms with van der Waals surface area (Å²) in [6, 6.07) is 8.97. The average molecular weight is 265 g/mol. The monoisotopic (exact) mass is 265 g/mol. The number of nitroso groups, excluding NO2 is 1. The van der Waals surface area contributed by atoms with Crippen molar-refractivity contribution < 1.29 is 9.90 Å². The first kappa shape index (κ1) is 13.1. The van der Waals surface area contributed by atoms with Crippen molar-refractivity contribution in [3.8, 4) is 0 Å². The zero-order chi connectivity index (χ0) is 13.0. The Kier molecular flexibility index (Phi) is 4.01. The Hall–Kier alpha value is -1.36. The first-order valence-corrected chi connectivity index (χ1v) is 6.79. The van der Waals surface area contributed by atoms with Crippen LogP contribution in [-0.4, -0.2) is 11.1 Å². The molecule has 0 saturated heterocycles. The predicted molar refractivity (Wildman–Crippen MR) is 71.1 cm³/mol. The largest absolute Gasteiger partial charge is 0.480 e. The van der Waals surface area contributed by atoms with Crippen LogP contribution in [0.5, 0.6) is 0 Å². The van der Waals surface area contributed by atoms with E-state index in [0.29, 0.717) is 17.5 Å². The molecule has 0 aromatic heterocycles. The van der Waals surface area contributed by atoms with Crippen molar-refractivity contribution in [2.45, 2.75) is 30.4 Å². The molecule has 18 heavy (non-hydrogen) atoms. The topological polar surface area (TPSA) is 66.7 Å². The second kappa shape index (κ2) is 5.52. The molecule has 5 heteroatoms. The number of aliphatic carboxylic acids is 1. The van der Waals surface area contributed by atoms with Crippen molar-refractivity contribution in [3.63, 3.8) is 0 Å². The van der Waals surface area contributed by atoms with Crippen molar-refractivity contribution in [2.75, 3.05) is 0 Å². The maximum Gasteiger partial charge on any atom is 0.326 e. The van der Waals surface area contributed by atoms with Crippen LogP contribution in [0.2, 0.25) is 0 Å². The predicted octanol–water partition coefficient (Wildman–Crippen LogP) is 3.57. The Morgan fingerprint density at radius 2 is 1.89 bits per heavy atom. The summed E-state index contributed by atoms with van der Waals surface area (Å²) in [5.74, 6) is -0.995. The van der Waals surface area contributed by atoms with Gasteiger partial charge in [0.05, 0.1) is 0 Å². The molecule has 1 aliphatic carbocycles. The lowest BCUT2D eigenvalue weighted by Crippen LogP contribution is -2.38. The maximum absolute atomic E-state index is 11.8. The van der Waals surface area contributed by atoms with E-state index in [0.717, 1.165) is 25.7 Å². The smallest absolute Gasteiger partial charge is 0.326 e. The highest BCUT2D eigenvalue weighted by molar-refractivity contribution is 7.99. The van der Waals surface area contributed by atoms with Crippen molar-refractivity contribution in [1.82, 2.24) is 0 Å². The van der Waals surface area contributed by atoms with Gasteiger partial charge in [0, 0.05) is 16.5 Å². The van der Waals surface area contributed by atoms with Gasteiger partial charge in [-0.2, -0.15) is 0 Å². The molecule has 1 unspecified atom stereocenters. The van der Waals surface area contributed by atoms with E-state index in [9.17, 15) is 14.8 Å². The number of carbonyl (C=O) groups is 1. The molecule has 1 aromatic carbocycles. The molecule has 0 radical (unpaired) electrons. The third kappa shape index (κ3) is 2.14. The number of nitrogens with zero attached hydrogens (tertiary/aromatic N) is 1. The molecule has 2 rings (SSSR count). The zero-order valence-corrected chi connectivity index (χ0v) is 10.7. The molecule has 0 heterocycles. The van der Waals surface area contributed by atoms with Gasteiger partial charge in [0.1, 0.15) is 0 Å². The molecule has 0 bridgehead atoms. The highest BCUT2D eigenvalue weighted by Crippen LogP contribution is 2.50. The maximum atomic E-state index is 11.8. The average Bonchev–Trinajstić information content (AvgIpc) is 2.90. The fourth-order valence-corrected chi connectivity index (χ4v) is 3.60.